The molecule has 0 rings (SSSR count). The molecule has 0 bridgehead atoms. The average molecular weight is 158 g/mol. The van der Waals surface area contributed by atoms with Crippen LogP contribution in [0.1, 0.15) is 40.5 Å². The van der Waals surface area contributed by atoms with E-state index < -0.39 is 0 Å². The van der Waals surface area contributed by atoms with Crippen LogP contribution in [0.15, 0.2) is 11.6 Å². The zero-order valence-electron chi connectivity index (χ0n) is 8.08. The van der Waals surface area contributed by atoms with Crippen molar-refractivity contribution in [2.75, 3.05) is 6.67 Å². The van der Waals surface area contributed by atoms with Crippen molar-refractivity contribution < 1.29 is 4.39 Å². The highest BCUT2D eigenvalue weighted by Gasteiger charge is 2.09. The van der Waals surface area contributed by atoms with Gasteiger partial charge in [0.15, 0.2) is 0 Å². The predicted octanol–water partition coefficient (Wildman–Crippen LogP) is 3.73. The Balaban J connectivity index is 3.62. The van der Waals surface area contributed by atoms with Crippen LogP contribution in [-0.4, -0.2) is 6.67 Å². The van der Waals surface area contributed by atoms with Crippen LogP contribution in [0.5, 0.6) is 0 Å². The number of hydrogen-bond donors (Lipinski definition) is 0. The standard InChI is InChI=1S/C10H19F/c1-9(6-8-11)5-7-10(2,3)4/h6H,5,7-8H2,1-4H3/b9-6-. The Hall–Kier alpha value is -0.330. The van der Waals surface area contributed by atoms with Gasteiger partial charge in [0.1, 0.15) is 6.67 Å². The van der Waals surface area contributed by atoms with Crippen molar-refractivity contribution >= 4 is 0 Å². The number of alkyl halides is 1. The third-order valence-corrected chi connectivity index (χ3v) is 1.69. The lowest BCUT2D eigenvalue weighted by Crippen LogP contribution is -2.04. The van der Waals surface area contributed by atoms with Gasteiger partial charge in [0.05, 0.1) is 0 Å². The van der Waals surface area contributed by atoms with Crippen molar-refractivity contribution in [1.82, 2.24) is 0 Å². The van der Waals surface area contributed by atoms with E-state index in [2.05, 4.69) is 20.8 Å². The summed E-state index contributed by atoms with van der Waals surface area (Å²) in [4.78, 5) is 0. The summed E-state index contributed by atoms with van der Waals surface area (Å²) in [5.41, 5.74) is 1.54. The molecule has 0 unspecified atom stereocenters. The van der Waals surface area contributed by atoms with E-state index in [1.807, 2.05) is 6.92 Å². The fourth-order valence-electron chi connectivity index (χ4n) is 0.806. The molecule has 0 fully saturated rings. The van der Waals surface area contributed by atoms with Gasteiger partial charge in [-0.2, -0.15) is 0 Å². The fourth-order valence-corrected chi connectivity index (χ4v) is 0.806. The normalized spacial score (nSPS) is 13.7. The molecular formula is C10H19F. The quantitative estimate of drug-likeness (QED) is 0.549. The first-order chi connectivity index (χ1) is 4.95. The number of allylic oxidation sites excluding steroid dienone is 2. The van der Waals surface area contributed by atoms with Gasteiger partial charge in [0, 0.05) is 0 Å². The van der Waals surface area contributed by atoms with E-state index >= 15 is 0 Å². The Morgan fingerprint density at radius 3 is 2.27 bits per heavy atom. The molecule has 0 aliphatic carbocycles. The molecule has 0 aliphatic heterocycles. The van der Waals surface area contributed by atoms with Crippen LogP contribution in [0, 0.1) is 5.41 Å². The zero-order chi connectivity index (χ0) is 8.91. The van der Waals surface area contributed by atoms with E-state index in [4.69, 9.17) is 0 Å². The maximum absolute atomic E-state index is 11.8. The van der Waals surface area contributed by atoms with Gasteiger partial charge >= 0.3 is 0 Å². The third-order valence-electron chi connectivity index (χ3n) is 1.69. The summed E-state index contributed by atoms with van der Waals surface area (Å²) in [5.74, 6) is 0. The minimum absolute atomic E-state index is 0.323. The number of halogens is 1. The number of rotatable bonds is 3. The molecule has 0 aliphatic rings. The number of hydrogen-bond acceptors (Lipinski definition) is 0. The van der Waals surface area contributed by atoms with E-state index in [0.29, 0.717) is 5.41 Å². The molecule has 0 saturated heterocycles. The topological polar surface area (TPSA) is 0 Å². The van der Waals surface area contributed by atoms with Crippen molar-refractivity contribution in [2.45, 2.75) is 40.5 Å². The third kappa shape index (κ3) is 7.57. The summed E-state index contributed by atoms with van der Waals surface area (Å²) in [5, 5.41) is 0. The molecule has 0 radical (unpaired) electrons. The molecule has 1 heteroatoms. The smallest absolute Gasteiger partial charge is 0.108 e. The van der Waals surface area contributed by atoms with Gasteiger partial charge in [-0.05, 0) is 25.2 Å². The van der Waals surface area contributed by atoms with Crippen LogP contribution in [0.25, 0.3) is 0 Å². The van der Waals surface area contributed by atoms with Crippen LogP contribution >= 0.6 is 0 Å². The Bertz CT molecular complexity index is 128. The zero-order valence-corrected chi connectivity index (χ0v) is 8.08. The Morgan fingerprint density at radius 2 is 1.91 bits per heavy atom. The molecule has 11 heavy (non-hydrogen) atoms. The lowest BCUT2D eigenvalue weighted by atomic mass is 9.89. The molecule has 0 nitrogen and oxygen atoms in total. The maximum atomic E-state index is 11.8. The average Bonchev–Trinajstić information content (AvgIpc) is 1.83. The van der Waals surface area contributed by atoms with Crippen molar-refractivity contribution in [2.24, 2.45) is 5.41 Å². The minimum Gasteiger partial charge on any atom is -0.247 e. The second kappa shape index (κ2) is 4.53. The SMILES string of the molecule is C/C(=C/CF)CCC(C)(C)C. The molecule has 0 aromatic heterocycles. The molecule has 0 aromatic rings. The van der Waals surface area contributed by atoms with Crippen LogP contribution in [-0.2, 0) is 0 Å². The molecular weight excluding hydrogens is 139 g/mol. The summed E-state index contributed by atoms with van der Waals surface area (Å²) in [6, 6.07) is 0. The monoisotopic (exact) mass is 158 g/mol. The minimum atomic E-state index is -0.323. The summed E-state index contributed by atoms with van der Waals surface area (Å²) in [7, 11) is 0. The molecule has 0 N–H and O–H groups in total. The Morgan fingerprint density at radius 1 is 1.36 bits per heavy atom. The van der Waals surface area contributed by atoms with Crippen molar-refractivity contribution in [3.8, 4) is 0 Å². The van der Waals surface area contributed by atoms with Gasteiger partial charge in [0.2, 0.25) is 0 Å². The largest absolute Gasteiger partial charge is 0.247 e. The summed E-state index contributed by atoms with van der Waals surface area (Å²) < 4.78 is 11.8. The highest BCUT2D eigenvalue weighted by molar-refractivity contribution is 4.98. The fraction of sp³-hybridized carbons (Fsp3) is 0.800. The van der Waals surface area contributed by atoms with Gasteiger partial charge in [-0.25, -0.2) is 4.39 Å². The lowest BCUT2D eigenvalue weighted by Gasteiger charge is -2.17. The van der Waals surface area contributed by atoms with Crippen molar-refractivity contribution in [1.29, 1.82) is 0 Å². The highest BCUT2D eigenvalue weighted by Crippen LogP contribution is 2.22. The first-order valence-corrected chi connectivity index (χ1v) is 4.17. The Kier molecular flexibility index (Phi) is 4.39. The molecule has 0 heterocycles. The molecule has 66 valence electrons. The summed E-state index contributed by atoms with van der Waals surface area (Å²) in [6.07, 6.45) is 3.81. The second-order valence-corrected chi connectivity index (χ2v) is 4.27. The predicted molar refractivity (Wildman–Crippen MR) is 48.4 cm³/mol. The van der Waals surface area contributed by atoms with Crippen molar-refractivity contribution in [3.63, 3.8) is 0 Å². The molecule has 0 saturated carbocycles. The lowest BCUT2D eigenvalue weighted by molar-refractivity contribution is 0.377. The van der Waals surface area contributed by atoms with E-state index in [1.54, 1.807) is 6.08 Å². The van der Waals surface area contributed by atoms with Gasteiger partial charge in [-0.15, -0.1) is 0 Å². The first kappa shape index (κ1) is 10.7. The van der Waals surface area contributed by atoms with Gasteiger partial charge in [-0.3, -0.25) is 0 Å². The van der Waals surface area contributed by atoms with E-state index in [9.17, 15) is 4.39 Å². The van der Waals surface area contributed by atoms with Crippen LogP contribution in [0.4, 0.5) is 4.39 Å². The molecule has 0 aromatic carbocycles. The maximum Gasteiger partial charge on any atom is 0.108 e. The van der Waals surface area contributed by atoms with Crippen LogP contribution in [0.3, 0.4) is 0 Å². The highest BCUT2D eigenvalue weighted by atomic mass is 19.1. The van der Waals surface area contributed by atoms with Gasteiger partial charge < -0.3 is 0 Å². The molecule has 0 spiro atoms. The van der Waals surface area contributed by atoms with Crippen LogP contribution in [0.2, 0.25) is 0 Å². The first-order valence-electron chi connectivity index (χ1n) is 4.17. The van der Waals surface area contributed by atoms with E-state index in [0.717, 1.165) is 12.8 Å². The van der Waals surface area contributed by atoms with E-state index in [-0.39, 0.29) is 6.67 Å². The summed E-state index contributed by atoms with van der Waals surface area (Å²) >= 11 is 0. The van der Waals surface area contributed by atoms with Gasteiger partial charge in [-0.1, -0.05) is 32.4 Å². The molecule has 0 amide bonds. The van der Waals surface area contributed by atoms with Crippen molar-refractivity contribution in [3.05, 3.63) is 11.6 Å². The second-order valence-electron chi connectivity index (χ2n) is 4.27. The summed E-state index contributed by atoms with van der Waals surface area (Å²) in [6.45, 7) is 8.28. The van der Waals surface area contributed by atoms with Gasteiger partial charge in [0.25, 0.3) is 0 Å². The van der Waals surface area contributed by atoms with Crippen LogP contribution < -0.4 is 0 Å². The van der Waals surface area contributed by atoms with E-state index in [1.165, 1.54) is 5.57 Å². The Labute approximate surface area is 69.5 Å². The molecule has 0 atom stereocenters.